The summed E-state index contributed by atoms with van der Waals surface area (Å²) < 4.78 is 81.2. The van der Waals surface area contributed by atoms with Gasteiger partial charge in [-0.3, -0.25) is 43.5 Å². The SMILES string of the molecule is CC1CN(Cc2ccccc2)CC1c1nn2c(C3CCC(F)(F)CC3)ncc2c(=O)[nH]1.CC1CN(Cc2ccccc2)CC1c1nnc(CN)c(=O)[nH]1.CC1CN(Cc2ccccc2)CC1c1nnc(CNC(=O)C2CCC(F)(F)CC2)c(=O)[nH]1.O=C(ON1C(=O)CCC1=O)C1CCC(F)(F)CC1. The maximum absolute atomic E-state index is 13.6. The maximum atomic E-state index is 13.6. The molecule has 3 amide bonds. The molecule has 6 unspecified atom stereocenters. The number of aromatic nitrogens is 10. The van der Waals surface area contributed by atoms with E-state index in [9.17, 15) is 59.9 Å². The highest BCUT2D eigenvalue weighted by atomic mass is 19.3. The van der Waals surface area contributed by atoms with Crippen molar-refractivity contribution in [1.82, 2.24) is 75.0 Å². The van der Waals surface area contributed by atoms with Gasteiger partial charge in [-0.15, -0.1) is 25.5 Å². The predicted octanol–water partition coefficient (Wildman–Crippen LogP) is 9.07. The summed E-state index contributed by atoms with van der Waals surface area (Å²) in [4.78, 5) is 108. The Hall–Kier alpha value is -8.87. The van der Waals surface area contributed by atoms with Crippen LogP contribution in [0.4, 0.5) is 26.3 Å². The highest BCUT2D eigenvalue weighted by Crippen LogP contribution is 2.42. The lowest BCUT2D eigenvalue weighted by molar-refractivity contribution is -0.202. The van der Waals surface area contributed by atoms with Crippen LogP contribution in [0.2, 0.25) is 0 Å². The van der Waals surface area contributed by atoms with Crippen molar-refractivity contribution < 1.29 is 50.4 Å². The summed E-state index contributed by atoms with van der Waals surface area (Å²) >= 11 is 0. The molecule has 103 heavy (non-hydrogen) atoms. The third-order valence-corrected chi connectivity index (χ3v) is 20.9. The van der Waals surface area contributed by atoms with Gasteiger partial charge in [0.2, 0.25) is 23.7 Å². The molecule has 24 nitrogen and oxygen atoms in total. The Morgan fingerprint density at radius 3 is 1.35 bits per heavy atom. The fourth-order valence-corrected chi connectivity index (χ4v) is 14.9. The molecule has 8 heterocycles. The molecule has 552 valence electrons. The van der Waals surface area contributed by atoms with Crippen molar-refractivity contribution >= 4 is 29.2 Å². The van der Waals surface area contributed by atoms with Crippen LogP contribution in [-0.4, -0.2) is 150 Å². The van der Waals surface area contributed by atoms with Gasteiger partial charge in [-0.25, -0.2) is 40.6 Å². The van der Waals surface area contributed by atoms with Crippen LogP contribution in [0, 0.1) is 29.6 Å². The van der Waals surface area contributed by atoms with Gasteiger partial charge in [0.25, 0.3) is 28.5 Å². The molecule has 6 N–H and O–H groups in total. The summed E-state index contributed by atoms with van der Waals surface area (Å²) in [6.07, 6.45) is 1.04. The van der Waals surface area contributed by atoms with Gasteiger partial charge in [0.15, 0.2) is 5.52 Å². The van der Waals surface area contributed by atoms with Crippen LogP contribution >= 0.6 is 0 Å². The van der Waals surface area contributed by atoms with E-state index in [4.69, 9.17) is 15.7 Å². The third-order valence-electron chi connectivity index (χ3n) is 20.9. The van der Waals surface area contributed by atoms with Crippen molar-refractivity contribution in [3.63, 3.8) is 0 Å². The van der Waals surface area contributed by atoms with E-state index in [0.717, 1.165) is 58.9 Å². The molecule has 4 saturated heterocycles. The van der Waals surface area contributed by atoms with E-state index in [-0.39, 0.29) is 148 Å². The van der Waals surface area contributed by atoms with Gasteiger partial charge in [0.1, 0.15) is 34.7 Å². The summed E-state index contributed by atoms with van der Waals surface area (Å²) in [7, 11) is 0. The number of likely N-dealkylation sites (tertiary alicyclic amines) is 3. The zero-order valence-electron chi connectivity index (χ0n) is 58.1. The summed E-state index contributed by atoms with van der Waals surface area (Å²) in [5, 5.41) is 24.3. The van der Waals surface area contributed by atoms with Crippen LogP contribution in [0.5, 0.6) is 0 Å². The Balaban J connectivity index is 0.000000141. The molecule has 7 aliphatic rings. The predicted molar refractivity (Wildman–Crippen MR) is 367 cm³/mol. The smallest absolute Gasteiger partial charge is 0.336 e. The Morgan fingerprint density at radius 2 is 0.922 bits per heavy atom. The molecular formula is C73H90F6N16O8. The number of nitrogens with zero attached hydrogens (tertiary/aromatic N) is 11. The standard InChI is InChI=1S/C23H29F2N5O2.C23H27F2N5O.C16H21N5O.C11H13F2NO4/c1-15-12-30(13-16-5-3-2-4-6-16)14-18(15)20-27-22(32)19(28-29-20)11-26-21(31)17-7-9-23(24,25)10-8-17;1-15-12-29(13-16-5-3-2-4-6-16)14-18(15)20-27-22(31)19-11-26-21(30(19)28-20)17-7-9-23(24,25)10-8-17;1-11-8-21(9-12-5-3-2-4-6-12)10-13(11)15-18-16(22)14(7-17)19-20-15;12-11(13)5-3-7(4-6-11)10(17)18-14-8(15)1-2-9(14)16/h2-6,15,17-18H,7-14H2,1H3,(H,26,31)(H,27,29,32);2-6,11,15,17-18H,7-10,12-14H2,1H3,(H,27,28,31);2-6,11,13H,7-10,17H2,1H3,(H,18,20,22);7H,1-6H2. The summed E-state index contributed by atoms with van der Waals surface area (Å²) in [6, 6.07) is 31.0. The Bertz CT molecular complexity index is 4200. The quantitative estimate of drug-likeness (QED) is 0.0445. The van der Waals surface area contributed by atoms with Crippen LogP contribution in [-0.2, 0) is 56.7 Å². The molecule has 7 fully saturated rings. The largest absolute Gasteiger partial charge is 0.350 e. The lowest BCUT2D eigenvalue weighted by Crippen LogP contribution is -2.37. The summed E-state index contributed by atoms with van der Waals surface area (Å²) in [5.41, 5.74) is 9.23. The number of imide groups is 1. The highest BCUT2D eigenvalue weighted by molar-refractivity contribution is 6.01. The van der Waals surface area contributed by atoms with Crippen LogP contribution in [0.3, 0.4) is 0 Å². The number of halogens is 6. The number of aromatic amines is 3. The third kappa shape index (κ3) is 19.7. The molecule has 14 rings (SSSR count). The number of benzene rings is 3. The number of hydroxylamine groups is 2. The minimum atomic E-state index is -2.73. The molecule has 3 aliphatic carbocycles. The lowest BCUT2D eigenvalue weighted by atomic mass is 9.86. The highest BCUT2D eigenvalue weighted by Gasteiger charge is 2.43. The fraction of sp³-hybridized carbons (Fsp3) is 0.548. The zero-order chi connectivity index (χ0) is 73.2. The molecule has 6 atom stereocenters. The second-order valence-electron chi connectivity index (χ2n) is 28.8. The molecule has 3 saturated carbocycles. The van der Waals surface area contributed by atoms with E-state index in [1.165, 1.54) is 22.9 Å². The minimum absolute atomic E-state index is 0.0159. The number of hydrogen-bond donors (Lipinski definition) is 5. The second-order valence-corrected chi connectivity index (χ2v) is 28.8. The first kappa shape index (κ1) is 75.3. The molecular weight excluding hydrogens is 1340 g/mol. The first-order valence-electron chi connectivity index (χ1n) is 35.6. The van der Waals surface area contributed by atoms with E-state index in [0.29, 0.717) is 64.5 Å². The number of imidazole rings is 1. The van der Waals surface area contributed by atoms with Crippen molar-refractivity contribution in [3.05, 3.63) is 180 Å². The van der Waals surface area contributed by atoms with Gasteiger partial charge >= 0.3 is 5.97 Å². The minimum Gasteiger partial charge on any atom is -0.350 e. The van der Waals surface area contributed by atoms with Gasteiger partial charge in [0, 0.05) is 146 Å². The first-order chi connectivity index (χ1) is 49.3. The van der Waals surface area contributed by atoms with Crippen LogP contribution in [0.15, 0.2) is 112 Å². The summed E-state index contributed by atoms with van der Waals surface area (Å²) in [6.45, 7) is 14.5. The number of rotatable bonds is 16. The molecule has 30 heteroatoms. The van der Waals surface area contributed by atoms with E-state index < -0.39 is 47.4 Å². The molecule has 4 aromatic heterocycles. The van der Waals surface area contributed by atoms with Gasteiger partial charge in [-0.05, 0) is 73.0 Å². The molecule has 0 bridgehead atoms. The van der Waals surface area contributed by atoms with Crippen LogP contribution < -0.4 is 27.7 Å². The molecule has 0 radical (unpaired) electrons. The zero-order valence-corrected chi connectivity index (χ0v) is 58.1. The van der Waals surface area contributed by atoms with Crippen LogP contribution in [0.25, 0.3) is 5.52 Å². The first-order valence-corrected chi connectivity index (χ1v) is 35.6. The Morgan fingerprint density at radius 1 is 0.524 bits per heavy atom. The van der Waals surface area contributed by atoms with Crippen molar-refractivity contribution in [2.75, 3.05) is 39.3 Å². The summed E-state index contributed by atoms with van der Waals surface area (Å²) in [5.74, 6) is -7.43. The molecule has 7 aromatic rings. The molecule has 0 spiro atoms. The maximum Gasteiger partial charge on any atom is 0.336 e. The monoisotopic (exact) mass is 1430 g/mol. The second kappa shape index (κ2) is 33.3. The van der Waals surface area contributed by atoms with E-state index >= 15 is 0 Å². The van der Waals surface area contributed by atoms with E-state index in [1.807, 2.05) is 42.5 Å². The number of fused-ring (bicyclic) bond motifs is 1. The van der Waals surface area contributed by atoms with Crippen molar-refractivity contribution in [1.29, 1.82) is 0 Å². The van der Waals surface area contributed by atoms with Gasteiger partial charge in [-0.2, -0.15) is 5.10 Å². The number of nitrogens with one attached hydrogen (secondary N) is 4. The average molecular weight is 1430 g/mol. The van der Waals surface area contributed by atoms with Crippen LogP contribution in [0.1, 0.15) is 186 Å². The van der Waals surface area contributed by atoms with Gasteiger partial charge < -0.3 is 30.8 Å². The number of H-pyrrole nitrogens is 3. The molecule has 4 aliphatic heterocycles. The number of hydrogen-bond acceptors (Lipinski definition) is 18. The number of carbonyl (C=O) groups is 4. The van der Waals surface area contributed by atoms with Gasteiger partial charge in [0.05, 0.1) is 18.7 Å². The Labute approximate surface area is 591 Å². The fourth-order valence-electron chi connectivity index (χ4n) is 14.9. The van der Waals surface area contributed by atoms with E-state index in [2.05, 4.69) is 130 Å². The number of alkyl halides is 6. The normalized spacial score (nSPS) is 23.8. The van der Waals surface area contributed by atoms with E-state index in [1.54, 1.807) is 4.52 Å². The number of nitrogens with two attached hydrogens (primary N) is 1. The van der Waals surface area contributed by atoms with Gasteiger partial charge in [-0.1, -0.05) is 112 Å². The van der Waals surface area contributed by atoms with Crippen molar-refractivity contribution in [2.45, 2.75) is 185 Å². The number of carbonyl (C=O) groups excluding carboxylic acids is 4. The lowest BCUT2D eigenvalue weighted by Gasteiger charge is -2.27. The van der Waals surface area contributed by atoms with Crippen molar-refractivity contribution in [2.24, 2.45) is 35.3 Å². The topological polar surface area (TPSA) is 309 Å². The average Bonchev–Trinajstić information content (AvgIpc) is 1.65. The van der Waals surface area contributed by atoms with Crippen molar-refractivity contribution in [3.8, 4) is 0 Å². The number of amides is 3. The molecule has 3 aromatic carbocycles. The Kier molecular flexibility index (Phi) is 24.3.